The topological polar surface area (TPSA) is 155 Å². The van der Waals surface area contributed by atoms with Crippen LogP contribution < -0.4 is 5.73 Å². The van der Waals surface area contributed by atoms with Crippen LogP contribution >= 0.6 is 7.82 Å². The van der Waals surface area contributed by atoms with E-state index in [2.05, 4.69) is 67.7 Å². The van der Waals surface area contributed by atoms with Crippen LogP contribution in [0.5, 0.6) is 0 Å². The number of phosphoric ester groups is 1. The third kappa shape index (κ3) is 39.1. The van der Waals surface area contributed by atoms with Crippen LogP contribution in [0, 0.1) is 0 Å². The van der Waals surface area contributed by atoms with Gasteiger partial charge in [0.15, 0.2) is 6.10 Å². The lowest BCUT2D eigenvalue weighted by molar-refractivity contribution is -0.161. The summed E-state index contributed by atoms with van der Waals surface area (Å²) in [4.78, 5) is 34.8. The molecule has 11 heteroatoms. The summed E-state index contributed by atoms with van der Waals surface area (Å²) in [7, 11) is -4.41. The summed E-state index contributed by atoms with van der Waals surface area (Å²) in [6, 6.07) is 0. The molecule has 0 aromatic heterocycles. The number of aliphatic hydroxyl groups excluding tert-OH is 1. The van der Waals surface area contributed by atoms with Crippen LogP contribution in [0.3, 0.4) is 0 Å². The van der Waals surface area contributed by atoms with Gasteiger partial charge in [-0.25, -0.2) is 4.57 Å². The van der Waals surface area contributed by atoms with E-state index in [4.69, 9.17) is 24.3 Å². The first kappa shape index (κ1) is 52.9. The number of rotatable bonds is 37. The molecule has 3 atom stereocenters. The number of carbonyl (C=O) groups excluding carboxylic acids is 2. The molecular formula is C45H74NO9P. The molecule has 0 aromatic rings. The molecule has 0 saturated carbocycles. The summed E-state index contributed by atoms with van der Waals surface area (Å²) in [5.74, 6) is -0.953. The number of ether oxygens (including phenoxy) is 2. The Bertz CT molecular complexity index is 1250. The van der Waals surface area contributed by atoms with E-state index in [1.807, 2.05) is 37.3 Å². The molecule has 0 heterocycles. The average Bonchev–Trinajstić information content (AvgIpc) is 3.18. The predicted molar refractivity (Wildman–Crippen MR) is 230 cm³/mol. The molecule has 0 aliphatic rings. The van der Waals surface area contributed by atoms with Crippen LogP contribution in [-0.4, -0.2) is 60.5 Å². The van der Waals surface area contributed by atoms with Crippen molar-refractivity contribution in [3.63, 3.8) is 0 Å². The maximum Gasteiger partial charge on any atom is 0.472 e. The number of allylic oxidation sites excluding steroid dienone is 15. The number of esters is 2. The Morgan fingerprint density at radius 1 is 0.625 bits per heavy atom. The number of aliphatic hydroxyl groups is 1. The van der Waals surface area contributed by atoms with Gasteiger partial charge < -0.3 is 25.2 Å². The van der Waals surface area contributed by atoms with Crippen molar-refractivity contribution in [3.8, 4) is 0 Å². The molecule has 0 saturated heterocycles. The Hall–Kier alpha value is -3.11. The van der Waals surface area contributed by atoms with Crippen LogP contribution in [0.15, 0.2) is 97.2 Å². The van der Waals surface area contributed by atoms with E-state index in [1.54, 1.807) is 6.08 Å². The summed E-state index contributed by atoms with van der Waals surface area (Å²) in [5, 5.41) is 9.47. The standard InChI is InChI=1S/C45H74NO9P/c1-3-5-6-7-8-9-10-11-12-13-14-18-21-24-27-30-33-36-44(48)52-40-43(41-54-56(50,51)53-39-38-46)55-45(49)37-34-31-28-25-22-19-16-15-17-20-23-26-29-32-35-42(47)4-2/h8-9,11-12,14,16-20,25-26,28-29,32,35,42-43,47H,3-7,10,13,15,21-24,27,30-31,33-34,36-41,46H2,1-2H3,(H,50,51)/b9-8-,12-11-,18-14-,19-16-,20-17-,28-25-,29-26-,35-32+/t42-,43-/m1/s1. The minimum Gasteiger partial charge on any atom is -0.462 e. The number of carbonyl (C=O) groups is 2. The van der Waals surface area contributed by atoms with Gasteiger partial charge in [-0.05, 0) is 83.5 Å². The molecule has 0 aliphatic carbocycles. The van der Waals surface area contributed by atoms with E-state index in [-0.39, 0.29) is 38.7 Å². The molecule has 56 heavy (non-hydrogen) atoms. The second-order valence-electron chi connectivity index (χ2n) is 13.3. The van der Waals surface area contributed by atoms with Crippen molar-refractivity contribution in [1.82, 2.24) is 0 Å². The van der Waals surface area contributed by atoms with Gasteiger partial charge in [0, 0.05) is 19.4 Å². The predicted octanol–water partition coefficient (Wildman–Crippen LogP) is 10.8. The highest BCUT2D eigenvalue weighted by Crippen LogP contribution is 2.43. The highest BCUT2D eigenvalue weighted by atomic mass is 31.2. The highest BCUT2D eigenvalue weighted by Gasteiger charge is 2.25. The maximum atomic E-state index is 12.5. The lowest BCUT2D eigenvalue weighted by Gasteiger charge is -2.19. The van der Waals surface area contributed by atoms with Gasteiger partial charge in [0.05, 0.1) is 19.3 Å². The molecule has 4 N–H and O–H groups in total. The molecular weight excluding hydrogens is 729 g/mol. The van der Waals surface area contributed by atoms with Crippen molar-refractivity contribution in [3.05, 3.63) is 97.2 Å². The van der Waals surface area contributed by atoms with Crippen LogP contribution in [0.2, 0.25) is 0 Å². The van der Waals surface area contributed by atoms with Gasteiger partial charge in [-0.3, -0.25) is 18.6 Å². The first-order valence-corrected chi connectivity index (χ1v) is 22.3. The van der Waals surface area contributed by atoms with Crippen molar-refractivity contribution in [2.24, 2.45) is 5.73 Å². The van der Waals surface area contributed by atoms with Gasteiger partial charge in [-0.2, -0.15) is 0 Å². The number of phosphoric acid groups is 1. The first-order valence-electron chi connectivity index (χ1n) is 20.8. The minimum atomic E-state index is -4.41. The van der Waals surface area contributed by atoms with E-state index in [1.165, 1.54) is 25.7 Å². The van der Waals surface area contributed by atoms with E-state index in [0.717, 1.165) is 57.8 Å². The van der Waals surface area contributed by atoms with Crippen molar-refractivity contribution >= 4 is 19.8 Å². The summed E-state index contributed by atoms with van der Waals surface area (Å²) in [6.07, 6.45) is 48.2. The molecule has 0 radical (unpaired) electrons. The zero-order valence-corrected chi connectivity index (χ0v) is 35.3. The number of unbranched alkanes of at least 4 members (excludes halogenated alkanes) is 8. The molecule has 0 amide bonds. The monoisotopic (exact) mass is 804 g/mol. The SMILES string of the molecule is CCCCC/C=C\C/C=C\C/C=C\CCCCCCC(=O)OC[C@H](COP(=O)(O)OCCN)OC(=O)CCC/C=C\C/C=C\C/C=C\C/C=C\C=C\[C@H](O)CC. The summed E-state index contributed by atoms with van der Waals surface area (Å²) in [5.41, 5.74) is 5.33. The third-order valence-corrected chi connectivity index (χ3v) is 9.10. The number of hydrogen-bond acceptors (Lipinski definition) is 9. The van der Waals surface area contributed by atoms with E-state index in [9.17, 15) is 24.2 Å². The quantitative estimate of drug-likeness (QED) is 0.0182. The second kappa shape index (κ2) is 40.1. The van der Waals surface area contributed by atoms with E-state index >= 15 is 0 Å². The molecule has 1 unspecified atom stereocenters. The average molecular weight is 804 g/mol. The fourth-order valence-corrected chi connectivity index (χ4v) is 5.63. The van der Waals surface area contributed by atoms with Gasteiger partial charge in [-0.1, -0.05) is 137 Å². The van der Waals surface area contributed by atoms with Crippen molar-refractivity contribution in [2.45, 2.75) is 148 Å². The normalized spacial score (nSPS) is 14.9. The maximum absolute atomic E-state index is 12.5. The Labute approximate surface area is 339 Å². The first-order chi connectivity index (χ1) is 27.2. The molecule has 0 aromatic carbocycles. The van der Waals surface area contributed by atoms with Crippen LogP contribution in [0.1, 0.15) is 136 Å². The van der Waals surface area contributed by atoms with Crippen molar-refractivity contribution in [2.75, 3.05) is 26.4 Å². The Balaban J connectivity index is 4.37. The fourth-order valence-electron chi connectivity index (χ4n) is 4.86. The lowest BCUT2D eigenvalue weighted by Crippen LogP contribution is -2.29. The fraction of sp³-hybridized carbons (Fsp3) is 0.600. The largest absolute Gasteiger partial charge is 0.472 e. The summed E-state index contributed by atoms with van der Waals surface area (Å²) >= 11 is 0. The van der Waals surface area contributed by atoms with Gasteiger partial charge in [-0.15, -0.1) is 0 Å². The Morgan fingerprint density at radius 3 is 1.71 bits per heavy atom. The smallest absolute Gasteiger partial charge is 0.462 e. The zero-order chi connectivity index (χ0) is 41.2. The minimum absolute atomic E-state index is 0.0294. The third-order valence-electron chi connectivity index (χ3n) is 8.11. The molecule has 0 spiro atoms. The summed E-state index contributed by atoms with van der Waals surface area (Å²) < 4.78 is 32.6. The van der Waals surface area contributed by atoms with Gasteiger partial charge in [0.2, 0.25) is 0 Å². The molecule has 0 fully saturated rings. The molecule has 10 nitrogen and oxygen atoms in total. The van der Waals surface area contributed by atoms with Crippen LogP contribution in [0.25, 0.3) is 0 Å². The Kier molecular flexibility index (Phi) is 37.9. The van der Waals surface area contributed by atoms with Gasteiger partial charge in [0.1, 0.15) is 6.61 Å². The second-order valence-corrected chi connectivity index (χ2v) is 14.8. The molecule has 318 valence electrons. The molecule has 0 bridgehead atoms. The van der Waals surface area contributed by atoms with Gasteiger partial charge >= 0.3 is 19.8 Å². The van der Waals surface area contributed by atoms with E-state index < -0.39 is 32.5 Å². The van der Waals surface area contributed by atoms with E-state index in [0.29, 0.717) is 25.7 Å². The van der Waals surface area contributed by atoms with Crippen molar-refractivity contribution in [1.29, 1.82) is 0 Å². The van der Waals surface area contributed by atoms with Crippen LogP contribution in [-0.2, 0) is 32.7 Å². The lowest BCUT2D eigenvalue weighted by atomic mass is 10.1. The number of nitrogens with two attached hydrogens (primary N) is 1. The van der Waals surface area contributed by atoms with Crippen LogP contribution in [0.4, 0.5) is 0 Å². The summed E-state index contributed by atoms with van der Waals surface area (Å²) in [6.45, 7) is 3.24. The highest BCUT2D eigenvalue weighted by molar-refractivity contribution is 7.47. The molecule has 0 aliphatic heterocycles. The Morgan fingerprint density at radius 2 is 1.14 bits per heavy atom. The van der Waals surface area contributed by atoms with Crippen molar-refractivity contribution < 1.29 is 42.7 Å². The zero-order valence-electron chi connectivity index (χ0n) is 34.4. The van der Waals surface area contributed by atoms with Gasteiger partial charge in [0.25, 0.3) is 0 Å². The molecule has 0 rings (SSSR count). The number of hydrogen-bond donors (Lipinski definition) is 3.